The van der Waals surface area contributed by atoms with Crippen molar-refractivity contribution in [1.82, 2.24) is 4.31 Å². The molecule has 0 radical (unpaired) electrons. The summed E-state index contributed by atoms with van der Waals surface area (Å²) >= 11 is 12.2. The Bertz CT molecular complexity index is 1150. The van der Waals surface area contributed by atoms with E-state index in [2.05, 4.69) is 5.32 Å². The number of hydrogen-bond acceptors (Lipinski definition) is 4. The molecule has 32 heavy (non-hydrogen) atoms. The van der Waals surface area contributed by atoms with Gasteiger partial charge in [0.25, 0.3) is 0 Å². The van der Waals surface area contributed by atoms with Crippen LogP contribution in [0.25, 0.3) is 0 Å². The molecular weight excluding hydrogens is 471 g/mol. The van der Waals surface area contributed by atoms with Gasteiger partial charge in [0.1, 0.15) is 5.75 Å². The largest absolute Gasteiger partial charge is 0.494 e. The fraction of sp³-hybridized carbons (Fsp3) is 0.174. The van der Waals surface area contributed by atoms with Crippen molar-refractivity contribution in [3.8, 4) is 5.75 Å². The second-order valence-electron chi connectivity index (χ2n) is 6.81. The van der Waals surface area contributed by atoms with E-state index < -0.39 is 22.5 Å². The lowest BCUT2D eigenvalue weighted by Crippen LogP contribution is -2.37. The summed E-state index contributed by atoms with van der Waals surface area (Å²) in [6.45, 7) is 1.90. The van der Waals surface area contributed by atoms with Crippen LogP contribution in [0.15, 0.2) is 77.7 Å². The normalized spacial score (nSPS) is 11.4. The first-order valence-electron chi connectivity index (χ1n) is 9.82. The number of carbonyl (C=O) groups is 1. The maximum absolute atomic E-state index is 13.4. The van der Waals surface area contributed by atoms with E-state index in [1.54, 1.807) is 54.6 Å². The average molecular weight is 493 g/mol. The van der Waals surface area contributed by atoms with Gasteiger partial charge in [0, 0.05) is 6.54 Å². The van der Waals surface area contributed by atoms with Crippen LogP contribution in [-0.4, -0.2) is 31.8 Å². The van der Waals surface area contributed by atoms with Crippen LogP contribution < -0.4 is 10.1 Å². The molecule has 6 nitrogen and oxygen atoms in total. The molecule has 0 aliphatic carbocycles. The molecule has 3 aromatic rings. The van der Waals surface area contributed by atoms with Crippen molar-refractivity contribution in [2.45, 2.75) is 18.4 Å². The lowest BCUT2D eigenvalue weighted by Gasteiger charge is -2.22. The molecule has 3 rings (SSSR count). The van der Waals surface area contributed by atoms with Crippen LogP contribution in [0.5, 0.6) is 5.75 Å². The number of ether oxygens (including phenoxy) is 1. The molecule has 3 aromatic carbocycles. The molecule has 0 unspecified atom stereocenters. The third-order valence-electron chi connectivity index (χ3n) is 4.52. The number of carbonyl (C=O) groups excluding carboxylic acids is 1. The second kappa shape index (κ2) is 10.8. The van der Waals surface area contributed by atoms with Crippen molar-refractivity contribution in [2.75, 3.05) is 18.5 Å². The summed E-state index contributed by atoms with van der Waals surface area (Å²) in [4.78, 5) is 12.8. The number of amides is 1. The van der Waals surface area contributed by atoms with Gasteiger partial charge in [-0.1, -0.05) is 59.6 Å². The fourth-order valence-electron chi connectivity index (χ4n) is 2.99. The maximum atomic E-state index is 13.4. The third kappa shape index (κ3) is 6.01. The Balaban J connectivity index is 1.88. The van der Waals surface area contributed by atoms with Gasteiger partial charge >= 0.3 is 0 Å². The number of benzene rings is 3. The molecule has 0 atom stereocenters. The highest BCUT2D eigenvalue weighted by atomic mass is 35.5. The van der Waals surface area contributed by atoms with Gasteiger partial charge in [-0.3, -0.25) is 4.79 Å². The van der Waals surface area contributed by atoms with Crippen molar-refractivity contribution in [1.29, 1.82) is 0 Å². The number of sulfonamides is 1. The van der Waals surface area contributed by atoms with Crippen molar-refractivity contribution in [2.24, 2.45) is 0 Å². The van der Waals surface area contributed by atoms with E-state index in [0.717, 1.165) is 9.87 Å². The summed E-state index contributed by atoms with van der Waals surface area (Å²) in [5.74, 6) is -0.00222. The first-order chi connectivity index (χ1) is 15.3. The minimum Gasteiger partial charge on any atom is -0.494 e. The lowest BCUT2D eigenvalue weighted by atomic mass is 10.2. The predicted molar refractivity (Wildman–Crippen MR) is 127 cm³/mol. The maximum Gasteiger partial charge on any atom is 0.243 e. The standard InChI is InChI=1S/C23H22Cl2N2O4S/c1-2-31-18-11-13-19(14-12-18)32(29,30)27(15-17-7-4-3-5-8-17)16-22(28)26-23-20(24)9-6-10-21(23)25/h3-14H,2,15-16H2,1H3,(H,26,28). The summed E-state index contributed by atoms with van der Waals surface area (Å²) in [5.41, 5.74) is 0.976. The first kappa shape index (κ1) is 24.1. The van der Waals surface area contributed by atoms with Crippen LogP contribution in [-0.2, 0) is 21.4 Å². The highest BCUT2D eigenvalue weighted by molar-refractivity contribution is 7.89. The molecule has 0 aromatic heterocycles. The zero-order chi connectivity index (χ0) is 23.1. The van der Waals surface area contributed by atoms with Gasteiger partial charge in [0.2, 0.25) is 15.9 Å². The molecule has 168 valence electrons. The summed E-state index contributed by atoms with van der Waals surface area (Å²) in [7, 11) is -3.99. The lowest BCUT2D eigenvalue weighted by molar-refractivity contribution is -0.116. The molecule has 0 heterocycles. The first-order valence-corrected chi connectivity index (χ1v) is 12.0. The Morgan fingerprint density at radius 1 is 0.938 bits per heavy atom. The van der Waals surface area contributed by atoms with Gasteiger partial charge in [-0.05, 0) is 48.9 Å². The molecular formula is C23H22Cl2N2O4S. The molecule has 0 aliphatic rings. The number of halogens is 2. The Hall–Kier alpha value is -2.58. The van der Waals surface area contributed by atoms with Gasteiger partial charge in [-0.2, -0.15) is 4.31 Å². The van der Waals surface area contributed by atoms with E-state index >= 15 is 0 Å². The minimum atomic E-state index is -3.99. The number of anilines is 1. The summed E-state index contributed by atoms with van der Waals surface area (Å²) < 4.78 is 33.3. The van der Waals surface area contributed by atoms with E-state index in [9.17, 15) is 13.2 Å². The summed E-state index contributed by atoms with van der Waals surface area (Å²) in [5, 5.41) is 3.13. The molecule has 0 bridgehead atoms. The highest BCUT2D eigenvalue weighted by Crippen LogP contribution is 2.30. The predicted octanol–water partition coefficient (Wildman–Crippen LogP) is 5.22. The van der Waals surface area contributed by atoms with E-state index in [1.807, 2.05) is 13.0 Å². The van der Waals surface area contributed by atoms with Crippen LogP contribution >= 0.6 is 23.2 Å². The van der Waals surface area contributed by atoms with Gasteiger partial charge in [-0.25, -0.2) is 8.42 Å². The van der Waals surface area contributed by atoms with Crippen LogP contribution in [0, 0.1) is 0 Å². The van der Waals surface area contributed by atoms with Crippen LogP contribution in [0.4, 0.5) is 5.69 Å². The van der Waals surface area contributed by atoms with Gasteiger partial charge in [0.15, 0.2) is 0 Å². The molecule has 0 aliphatic heterocycles. The second-order valence-corrected chi connectivity index (χ2v) is 9.56. The monoisotopic (exact) mass is 492 g/mol. The molecule has 9 heteroatoms. The molecule has 0 spiro atoms. The number of rotatable bonds is 9. The third-order valence-corrected chi connectivity index (χ3v) is 6.96. The van der Waals surface area contributed by atoms with Crippen LogP contribution in [0.1, 0.15) is 12.5 Å². The van der Waals surface area contributed by atoms with Gasteiger partial charge in [-0.15, -0.1) is 0 Å². The number of nitrogens with one attached hydrogen (secondary N) is 1. The molecule has 1 N–H and O–H groups in total. The van der Waals surface area contributed by atoms with Crippen molar-refractivity contribution in [3.63, 3.8) is 0 Å². The molecule has 0 saturated carbocycles. The average Bonchev–Trinajstić information content (AvgIpc) is 2.77. The molecule has 0 fully saturated rings. The number of para-hydroxylation sites is 1. The summed E-state index contributed by atoms with van der Waals surface area (Å²) in [6.07, 6.45) is 0. The molecule has 1 amide bonds. The van der Waals surface area contributed by atoms with Crippen LogP contribution in [0.2, 0.25) is 10.0 Å². The van der Waals surface area contributed by atoms with E-state index in [1.165, 1.54) is 12.1 Å². The number of nitrogens with zero attached hydrogens (tertiary/aromatic N) is 1. The van der Waals surface area contributed by atoms with Crippen LogP contribution in [0.3, 0.4) is 0 Å². The zero-order valence-electron chi connectivity index (χ0n) is 17.3. The Morgan fingerprint density at radius 3 is 2.16 bits per heavy atom. The van der Waals surface area contributed by atoms with Crippen molar-refractivity contribution >= 4 is 44.8 Å². The van der Waals surface area contributed by atoms with E-state index in [-0.39, 0.29) is 27.2 Å². The zero-order valence-corrected chi connectivity index (χ0v) is 19.6. The smallest absolute Gasteiger partial charge is 0.243 e. The van der Waals surface area contributed by atoms with Crippen molar-refractivity contribution in [3.05, 3.63) is 88.4 Å². The number of hydrogen-bond donors (Lipinski definition) is 1. The van der Waals surface area contributed by atoms with Gasteiger partial charge in [0.05, 0.1) is 33.8 Å². The Kier molecular flexibility index (Phi) is 8.15. The SMILES string of the molecule is CCOc1ccc(S(=O)(=O)N(CC(=O)Nc2c(Cl)cccc2Cl)Cc2ccccc2)cc1. The van der Waals surface area contributed by atoms with Gasteiger partial charge < -0.3 is 10.1 Å². The quantitative estimate of drug-likeness (QED) is 0.444. The topological polar surface area (TPSA) is 75.7 Å². The highest BCUT2D eigenvalue weighted by Gasteiger charge is 2.27. The van der Waals surface area contributed by atoms with E-state index in [0.29, 0.717) is 12.4 Å². The summed E-state index contributed by atoms with van der Waals surface area (Å²) in [6, 6.07) is 19.9. The molecule has 0 saturated heterocycles. The minimum absolute atomic E-state index is 0.0139. The van der Waals surface area contributed by atoms with E-state index in [4.69, 9.17) is 27.9 Å². The fourth-order valence-corrected chi connectivity index (χ4v) is 4.87. The Morgan fingerprint density at radius 2 is 1.56 bits per heavy atom. The van der Waals surface area contributed by atoms with Crippen molar-refractivity contribution < 1.29 is 17.9 Å². The Labute approximate surface area is 197 Å².